The molecule has 2 aliphatic heterocycles. The van der Waals surface area contributed by atoms with Crippen LogP contribution in [-0.2, 0) is 14.3 Å². The van der Waals surface area contributed by atoms with Crippen LogP contribution in [0.4, 0.5) is 0 Å². The Morgan fingerprint density at radius 1 is 1.15 bits per heavy atom. The number of hydrogen-bond donors (Lipinski definition) is 1. The van der Waals surface area contributed by atoms with E-state index in [-0.39, 0.29) is 5.97 Å². The Bertz CT molecular complexity index is 503. The molecule has 110 valence electrons. The molecule has 0 amide bonds. The molecule has 6 nitrogen and oxygen atoms in total. The zero-order valence-electron chi connectivity index (χ0n) is 12.2. The summed E-state index contributed by atoms with van der Waals surface area (Å²) >= 11 is 0. The fourth-order valence-electron chi connectivity index (χ4n) is 1.84. The number of esters is 1. The van der Waals surface area contributed by atoms with E-state index in [4.69, 9.17) is 9.47 Å². The molecule has 6 heteroatoms. The van der Waals surface area contributed by atoms with Crippen LogP contribution in [0.5, 0.6) is 0 Å². The molecule has 2 aliphatic rings. The number of carbonyl (C=O) groups excluding carboxylic acids is 1. The molecule has 1 N–H and O–H groups in total. The summed E-state index contributed by atoms with van der Waals surface area (Å²) in [7, 11) is 0. The third-order valence-corrected chi connectivity index (χ3v) is 3.13. The van der Waals surface area contributed by atoms with Crippen molar-refractivity contribution >= 4 is 17.8 Å². The first-order chi connectivity index (χ1) is 9.21. The van der Waals surface area contributed by atoms with Crippen LogP contribution in [0.3, 0.4) is 0 Å². The average Bonchev–Trinajstić information content (AvgIpc) is 2.72. The molecule has 20 heavy (non-hydrogen) atoms. The van der Waals surface area contributed by atoms with Crippen molar-refractivity contribution in [3.63, 3.8) is 0 Å². The molecule has 0 aliphatic carbocycles. The predicted octanol–water partition coefficient (Wildman–Crippen LogP) is 1.58. The molecule has 0 spiro atoms. The van der Waals surface area contributed by atoms with Crippen LogP contribution >= 0.6 is 0 Å². The number of aliphatic imine (C=N–C) groups is 2. The summed E-state index contributed by atoms with van der Waals surface area (Å²) in [5, 5.41) is 9.61. The standard InChI is InChI=1S/C14H20N2O4/c1-13(2)11(17)19-9(15-13)7-5-6-8-10-16-14(3,4)12(18)20-10/h5-6,11,17H,7-8H2,1-4H3/b6-5+. The summed E-state index contributed by atoms with van der Waals surface area (Å²) in [5.74, 6) is 0.601. The van der Waals surface area contributed by atoms with Crippen molar-refractivity contribution in [1.29, 1.82) is 0 Å². The van der Waals surface area contributed by atoms with E-state index in [1.165, 1.54) is 0 Å². The summed E-state index contributed by atoms with van der Waals surface area (Å²) in [4.78, 5) is 19.9. The highest BCUT2D eigenvalue weighted by atomic mass is 16.6. The fraction of sp³-hybridized carbons (Fsp3) is 0.643. The zero-order chi connectivity index (χ0) is 15.0. The number of aliphatic hydroxyl groups excluding tert-OH is 1. The van der Waals surface area contributed by atoms with Crippen molar-refractivity contribution < 1.29 is 19.4 Å². The minimum absolute atomic E-state index is 0.325. The highest BCUT2D eigenvalue weighted by molar-refractivity contribution is 5.99. The summed E-state index contributed by atoms with van der Waals surface area (Å²) in [6.07, 6.45) is 3.75. The molecule has 0 saturated heterocycles. The first kappa shape index (κ1) is 14.7. The molecule has 0 radical (unpaired) electrons. The Morgan fingerprint density at radius 3 is 2.20 bits per heavy atom. The van der Waals surface area contributed by atoms with Crippen molar-refractivity contribution in [1.82, 2.24) is 0 Å². The van der Waals surface area contributed by atoms with Gasteiger partial charge in [-0.25, -0.2) is 14.8 Å². The fourth-order valence-corrected chi connectivity index (χ4v) is 1.84. The smallest absolute Gasteiger partial charge is 0.340 e. The van der Waals surface area contributed by atoms with Gasteiger partial charge in [-0.15, -0.1) is 0 Å². The molecule has 0 aromatic heterocycles. The van der Waals surface area contributed by atoms with Gasteiger partial charge in [0.05, 0.1) is 0 Å². The summed E-state index contributed by atoms with van der Waals surface area (Å²) in [6, 6.07) is 0. The van der Waals surface area contributed by atoms with Crippen molar-refractivity contribution in [3.8, 4) is 0 Å². The normalized spacial score (nSPS) is 27.2. The Balaban J connectivity index is 1.83. The topological polar surface area (TPSA) is 80.5 Å². The van der Waals surface area contributed by atoms with Gasteiger partial charge in [-0.3, -0.25) is 0 Å². The molecule has 0 aromatic rings. The van der Waals surface area contributed by atoms with Gasteiger partial charge in [0.2, 0.25) is 6.29 Å². The van der Waals surface area contributed by atoms with Crippen LogP contribution in [0.15, 0.2) is 22.1 Å². The molecule has 0 aromatic carbocycles. The molecule has 2 heterocycles. The number of rotatable bonds is 4. The van der Waals surface area contributed by atoms with E-state index < -0.39 is 17.4 Å². The molecule has 0 bridgehead atoms. The van der Waals surface area contributed by atoms with Gasteiger partial charge in [0.1, 0.15) is 5.54 Å². The van der Waals surface area contributed by atoms with Crippen molar-refractivity contribution in [3.05, 3.63) is 12.2 Å². The van der Waals surface area contributed by atoms with Gasteiger partial charge in [-0.2, -0.15) is 0 Å². The van der Waals surface area contributed by atoms with E-state index in [0.29, 0.717) is 24.6 Å². The number of carbonyl (C=O) groups is 1. The first-order valence-electron chi connectivity index (χ1n) is 6.60. The van der Waals surface area contributed by atoms with E-state index in [1.54, 1.807) is 13.8 Å². The van der Waals surface area contributed by atoms with Crippen molar-refractivity contribution in [2.45, 2.75) is 57.9 Å². The van der Waals surface area contributed by atoms with Crippen LogP contribution in [-0.4, -0.2) is 40.2 Å². The van der Waals surface area contributed by atoms with Gasteiger partial charge >= 0.3 is 5.97 Å². The van der Waals surface area contributed by atoms with Crippen molar-refractivity contribution in [2.75, 3.05) is 0 Å². The Labute approximate surface area is 118 Å². The second kappa shape index (κ2) is 5.01. The van der Waals surface area contributed by atoms with Crippen molar-refractivity contribution in [2.24, 2.45) is 9.98 Å². The molecule has 1 atom stereocenters. The Hall–Kier alpha value is -1.69. The zero-order valence-corrected chi connectivity index (χ0v) is 12.2. The quantitative estimate of drug-likeness (QED) is 0.626. The van der Waals surface area contributed by atoms with Gasteiger partial charge in [-0.1, -0.05) is 12.2 Å². The maximum Gasteiger partial charge on any atom is 0.340 e. The van der Waals surface area contributed by atoms with E-state index in [9.17, 15) is 9.90 Å². The maximum atomic E-state index is 11.4. The van der Waals surface area contributed by atoms with E-state index in [1.807, 2.05) is 26.0 Å². The minimum atomic E-state index is -0.896. The van der Waals surface area contributed by atoms with Gasteiger partial charge in [-0.05, 0) is 27.7 Å². The number of hydrogen-bond acceptors (Lipinski definition) is 6. The number of nitrogens with zero attached hydrogens (tertiary/aromatic N) is 2. The van der Waals surface area contributed by atoms with Gasteiger partial charge in [0.15, 0.2) is 17.3 Å². The Morgan fingerprint density at radius 2 is 1.75 bits per heavy atom. The van der Waals surface area contributed by atoms with E-state index in [2.05, 4.69) is 9.98 Å². The third-order valence-electron chi connectivity index (χ3n) is 3.13. The first-order valence-corrected chi connectivity index (χ1v) is 6.60. The molecular formula is C14H20N2O4. The summed E-state index contributed by atoms with van der Waals surface area (Å²) in [6.45, 7) is 7.06. The maximum absolute atomic E-state index is 11.4. The molecule has 0 saturated carbocycles. The highest BCUT2D eigenvalue weighted by Gasteiger charge is 2.37. The predicted molar refractivity (Wildman–Crippen MR) is 74.6 cm³/mol. The lowest BCUT2D eigenvalue weighted by atomic mass is 10.1. The van der Waals surface area contributed by atoms with Crippen LogP contribution in [0, 0.1) is 0 Å². The molecule has 1 unspecified atom stereocenters. The third kappa shape index (κ3) is 3.07. The highest BCUT2D eigenvalue weighted by Crippen LogP contribution is 2.24. The number of cyclic esters (lactones) is 1. The minimum Gasteiger partial charge on any atom is -0.449 e. The van der Waals surface area contributed by atoms with Crippen LogP contribution in [0.1, 0.15) is 40.5 Å². The molecular weight excluding hydrogens is 260 g/mol. The lowest BCUT2D eigenvalue weighted by molar-refractivity contribution is -0.137. The van der Waals surface area contributed by atoms with Crippen LogP contribution in [0.25, 0.3) is 0 Å². The molecule has 2 rings (SSSR count). The Kier molecular flexibility index (Phi) is 3.69. The second-order valence-electron chi connectivity index (χ2n) is 5.96. The number of ether oxygens (including phenoxy) is 2. The summed E-state index contributed by atoms with van der Waals surface area (Å²) in [5.41, 5.74) is -1.38. The van der Waals surface area contributed by atoms with Gasteiger partial charge < -0.3 is 14.6 Å². The average molecular weight is 280 g/mol. The largest absolute Gasteiger partial charge is 0.449 e. The van der Waals surface area contributed by atoms with Crippen LogP contribution < -0.4 is 0 Å². The molecule has 0 fully saturated rings. The second-order valence-corrected chi connectivity index (χ2v) is 5.96. The van der Waals surface area contributed by atoms with Crippen LogP contribution in [0.2, 0.25) is 0 Å². The lowest BCUT2D eigenvalue weighted by Crippen LogP contribution is -2.30. The summed E-state index contributed by atoms with van der Waals surface area (Å²) < 4.78 is 10.3. The number of aliphatic hydroxyl groups is 1. The van der Waals surface area contributed by atoms with Gasteiger partial charge in [0, 0.05) is 12.8 Å². The van der Waals surface area contributed by atoms with E-state index >= 15 is 0 Å². The van der Waals surface area contributed by atoms with Gasteiger partial charge in [0.25, 0.3) is 0 Å². The lowest BCUT2D eigenvalue weighted by Gasteiger charge is -2.16. The monoisotopic (exact) mass is 280 g/mol. The van der Waals surface area contributed by atoms with E-state index in [0.717, 1.165) is 0 Å². The SMILES string of the molecule is CC1(C)N=C(C/C=C/CC2=NC(C)(C)C(O)O2)OC1=O.